The van der Waals surface area contributed by atoms with Gasteiger partial charge in [0.1, 0.15) is 18.3 Å². The number of aliphatic hydroxyl groups is 4. The molecule has 9 nitrogen and oxygen atoms in total. The predicted molar refractivity (Wildman–Crippen MR) is 150 cm³/mol. The fourth-order valence-corrected chi connectivity index (χ4v) is 4.16. The second kappa shape index (κ2) is 15.2. The molecule has 0 aliphatic carbocycles. The van der Waals surface area contributed by atoms with E-state index in [0.29, 0.717) is 17.7 Å². The second-order valence-corrected chi connectivity index (χ2v) is 9.96. The SMILES string of the molecule is C/C=C(\C)C(O)C(C)/C=C/C=C/C/C(C)=C/Cc1nc(OC)c(OC)c(OC2O[C@@H](C)[C@H](O)[C@@H](O)[C@H]2O)c1C. The van der Waals surface area contributed by atoms with E-state index in [1.165, 1.54) is 14.2 Å². The first-order valence-electron chi connectivity index (χ1n) is 13.2. The Morgan fingerprint density at radius 3 is 2.36 bits per heavy atom. The molecule has 1 aliphatic rings. The average Bonchev–Trinajstić information content (AvgIpc) is 2.93. The van der Waals surface area contributed by atoms with Gasteiger partial charge < -0.3 is 39.4 Å². The topological polar surface area (TPSA) is 131 Å². The van der Waals surface area contributed by atoms with Crippen LogP contribution in [0.25, 0.3) is 0 Å². The van der Waals surface area contributed by atoms with Gasteiger partial charge in [0.25, 0.3) is 5.88 Å². The summed E-state index contributed by atoms with van der Waals surface area (Å²) in [6.45, 7) is 11.3. The van der Waals surface area contributed by atoms with E-state index in [1.807, 2.05) is 58.9 Å². The first-order chi connectivity index (χ1) is 18.5. The molecule has 2 rings (SSSR count). The summed E-state index contributed by atoms with van der Waals surface area (Å²) in [4.78, 5) is 4.59. The van der Waals surface area contributed by atoms with Crippen LogP contribution in [0.4, 0.5) is 0 Å². The zero-order valence-electron chi connectivity index (χ0n) is 24.3. The van der Waals surface area contributed by atoms with Crippen LogP contribution in [0.5, 0.6) is 17.4 Å². The van der Waals surface area contributed by atoms with E-state index in [2.05, 4.69) is 17.1 Å². The monoisotopic (exact) mass is 547 g/mol. The van der Waals surface area contributed by atoms with Crippen LogP contribution in [-0.4, -0.2) is 76.4 Å². The molecule has 7 atom stereocenters. The molecule has 1 aromatic heterocycles. The molecule has 1 aliphatic heterocycles. The summed E-state index contributed by atoms with van der Waals surface area (Å²) in [5, 5.41) is 40.9. The van der Waals surface area contributed by atoms with Crippen LogP contribution >= 0.6 is 0 Å². The molecule has 39 heavy (non-hydrogen) atoms. The zero-order chi connectivity index (χ0) is 29.3. The van der Waals surface area contributed by atoms with Gasteiger partial charge in [0.15, 0.2) is 5.75 Å². The predicted octanol–water partition coefficient (Wildman–Crippen LogP) is 3.57. The van der Waals surface area contributed by atoms with E-state index in [9.17, 15) is 20.4 Å². The zero-order valence-corrected chi connectivity index (χ0v) is 24.3. The highest BCUT2D eigenvalue weighted by molar-refractivity contribution is 5.54. The molecule has 9 heteroatoms. The summed E-state index contributed by atoms with van der Waals surface area (Å²) in [7, 11) is 2.93. The minimum Gasteiger partial charge on any atom is -0.489 e. The van der Waals surface area contributed by atoms with Crippen LogP contribution in [0.1, 0.15) is 52.3 Å². The first kappa shape index (κ1) is 32.5. The van der Waals surface area contributed by atoms with Gasteiger partial charge in [0.05, 0.1) is 32.1 Å². The molecule has 2 heterocycles. The Hall–Kier alpha value is -2.69. The standard InChI is InChI=1S/C30H45NO8/c1-9-18(3)23(32)19(4)14-12-10-11-13-17(2)15-16-22-20(5)27(28(36-7)29(31-22)37-8)39-30-26(35)25(34)24(33)21(6)38-30/h9-12,14-15,19,21,23-26,30,32-35H,13,16H2,1-8H3/b11-10+,14-12+,17-15+,18-9+/t19?,21-,23?,24-,25+,26+,30?/m0/s1. The van der Waals surface area contributed by atoms with Gasteiger partial charge in [0, 0.05) is 17.9 Å². The molecule has 0 bridgehead atoms. The van der Waals surface area contributed by atoms with E-state index >= 15 is 0 Å². The Labute approximate surface area is 232 Å². The van der Waals surface area contributed by atoms with Crippen molar-refractivity contribution in [2.45, 2.75) is 91.2 Å². The Morgan fingerprint density at radius 2 is 1.74 bits per heavy atom. The van der Waals surface area contributed by atoms with E-state index in [0.717, 1.165) is 17.6 Å². The summed E-state index contributed by atoms with van der Waals surface area (Å²) in [6, 6.07) is 0. The maximum absolute atomic E-state index is 10.4. The molecule has 0 spiro atoms. The highest BCUT2D eigenvalue weighted by Gasteiger charge is 2.43. The van der Waals surface area contributed by atoms with Crippen molar-refractivity contribution in [1.82, 2.24) is 4.98 Å². The van der Waals surface area contributed by atoms with E-state index < -0.39 is 36.8 Å². The summed E-state index contributed by atoms with van der Waals surface area (Å²) >= 11 is 0. The van der Waals surface area contributed by atoms with Crippen LogP contribution < -0.4 is 14.2 Å². The number of rotatable bonds is 12. The van der Waals surface area contributed by atoms with Crippen LogP contribution in [0.3, 0.4) is 0 Å². The van der Waals surface area contributed by atoms with Gasteiger partial charge in [-0.05, 0) is 46.6 Å². The van der Waals surface area contributed by atoms with Gasteiger partial charge in [-0.1, -0.05) is 49.0 Å². The van der Waals surface area contributed by atoms with Crippen molar-refractivity contribution in [3.8, 4) is 17.4 Å². The lowest BCUT2D eigenvalue weighted by molar-refractivity contribution is -0.268. The van der Waals surface area contributed by atoms with Gasteiger partial charge in [-0.2, -0.15) is 0 Å². The van der Waals surface area contributed by atoms with Gasteiger partial charge in [-0.15, -0.1) is 0 Å². The van der Waals surface area contributed by atoms with Crippen molar-refractivity contribution >= 4 is 0 Å². The molecular formula is C30H45NO8. The van der Waals surface area contributed by atoms with Crippen LogP contribution in [-0.2, 0) is 11.2 Å². The molecule has 3 unspecified atom stereocenters. The van der Waals surface area contributed by atoms with E-state index in [4.69, 9.17) is 18.9 Å². The Kier molecular flexibility index (Phi) is 12.7. The quantitative estimate of drug-likeness (QED) is 0.229. The second-order valence-electron chi connectivity index (χ2n) is 9.96. The van der Waals surface area contributed by atoms with Gasteiger partial charge >= 0.3 is 0 Å². The first-order valence-corrected chi connectivity index (χ1v) is 13.2. The summed E-state index contributed by atoms with van der Waals surface area (Å²) in [5.74, 6) is 0.754. The third-order valence-electron chi connectivity index (χ3n) is 7.02. The van der Waals surface area contributed by atoms with Crippen molar-refractivity contribution in [1.29, 1.82) is 0 Å². The summed E-state index contributed by atoms with van der Waals surface area (Å²) < 4.78 is 22.6. The Morgan fingerprint density at radius 1 is 1.05 bits per heavy atom. The van der Waals surface area contributed by atoms with Gasteiger partial charge in [0.2, 0.25) is 12.0 Å². The number of pyridine rings is 1. The number of aromatic nitrogens is 1. The lowest BCUT2D eigenvalue weighted by Gasteiger charge is -2.39. The maximum atomic E-state index is 10.4. The van der Waals surface area contributed by atoms with E-state index in [-0.39, 0.29) is 23.3 Å². The number of allylic oxidation sites excluding steroid dienone is 6. The third-order valence-corrected chi connectivity index (χ3v) is 7.02. The number of methoxy groups -OCH3 is 2. The molecule has 0 radical (unpaired) electrons. The van der Waals surface area contributed by atoms with E-state index in [1.54, 1.807) is 6.92 Å². The normalized spacial score (nSPS) is 26.2. The molecule has 1 fully saturated rings. The van der Waals surface area contributed by atoms with Gasteiger partial charge in [-0.25, -0.2) is 4.98 Å². The van der Waals surface area contributed by atoms with Crippen molar-refractivity contribution in [3.63, 3.8) is 0 Å². The average molecular weight is 548 g/mol. The largest absolute Gasteiger partial charge is 0.489 e. The lowest BCUT2D eigenvalue weighted by Crippen LogP contribution is -2.58. The van der Waals surface area contributed by atoms with Crippen LogP contribution in [0.15, 0.2) is 47.6 Å². The Bertz CT molecular complexity index is 1060. The fraction of sp³-hybridized carbons (Fsp3) is 0.567. The number of aliphatic hydroxyl groups excluding tert-OH is 4. The van der Waals surface area contributed by atoms with Crippen molar-refractivity contribution in [3.05, 3.63) is 58.9 Å². The number of hydrogen-bond acceptors (Lipinski definition) is 9. The minimum absolute atomic E-state index is 0.0228. The third kappa shape index (κ3) is 8.40. The highest BCUT2D eigenvalue weighted by atomic mass is 16.7. The molecule has 1 saturated heterocycles. The van der Waals surface area contributed by atoms with Crippen LogP contribution in [0, 0.1) is 12.8 Å². The Balaban J connectivity index is 2.17. The molecule has 0 aromatic carbocycles. The van der Waals surface area contributed by atoms with Crippen molar-refractivity contribution in [2.75, 3.05) is 14.2 Å². The minimum atomic E-state index is -1.47. The molecule has 0 amide bonds. The molecule has 4 N–H and O–H groups in total. The summed E-state index contributed by atoms with van der Waals surface area (Å²) in [6.07, 6.45) is 6.59. The number of ether oxygens (including phenoxy) is 4. The summed E-state index contributed by atoms with van der Waals surface area (Å²) in [5.41, 5.74) is 3.44. The highest BCUT2D eigenvalue weighted by Crippen LogP contribution is 2.41. The molecule has 0 saturated carbocycles. The van der Waals surface area contributed by atoms with Crippen molar-refractivity contribution < 1.29 is 39.4 Å². The fourth-order valence-electron chi connectivity index (χ4n) is 4.16. The maximum Gasteiger partial charge on any atom is 0.261 e. The molecule has 218 valence electrons. The smallest absolute Gasteiger partial charge is 0.261 e. The number of nitrogens with zero attached hydrogens (tertiary/aromatic N) is 1. The molecular weight excluding hydrogens is 502 g/mol. The molecule has 1 aromatic rings. The lowest BCUT2D eigenvalue weighted by atomic mass is 9.98. The van der Waals surface area contributed by atoms with Crippen LogP contribution in [0.2, 0.25) is 0 Å². The van der Waals surface area contributed by atoms with Crippen molar-refractivity contribution in [2.24, 2.45) is 5.92 Å². The number of hydrogen-bond donors (Lipinski definition) is 4. The van der Waals surface area contributed by atoms with Gasteiger partial charge in [-0.3, -0.25) is 0 Å².